The van der Waals surface area contributed by atoms with Gasteiger partial charge in [-0.2, -0.15) is 0 Å². The summed E-state index contributed by atoms with van der Waals surface area (Å²) in [6.45, 7) is 3.99. The Morgan fingerprint density at radius 3 is 2.60 bits per heavy atom. The smallest absolute Gasteiger partial charge is 0.210 e. The second kappa shape index (κ2) is 5.92. The summed E-state index contributed by atoms with van der Waals surface area (Å²) in [7, 11) is 0. The van der Waals surface area contributed by atoms with Gasteiger partial charge in [0, 0.05) is 9.61 Å². The number of hydrazine groups is 1. The summed E-state index contributed by atoms with van der Waals surface area (Å²) in [6, 6.07) is 8.15. The molecule has 0 atom stereocenters. The number of halogens is 1. The van der Waals surface area contributed by atoms with Crippen LogP contribution in [0, 0.1) is 3.57 Å². The Balaban J connectivity index is 2.80. The topological polar surface area (TPSA) is 62.4 Å². The molecule has 4 nitrogen and oxygen atoms in total. The maximum atomic E-state index is 5.37. The van der Waals surface area contributed by atoms with Crippen LogP contribution >= 0.6 is 22.6 Å². The second-order valence-electron chi connectivity index (χ2n) is 3.32. The highest BCUT2D eigenvalue weighted by molar-refractivity contribution is 14.1. The van der Waals surface area contributed by atoms with Gasteiger partial charge in [0.05, 0.1) is 5.69 Å². The van der Waals surface area contributed by atoms with Gasteiger partial charge >= 0.3 is 0 Å². The maximum absolute atomic E-state index is 5.37. The first kappa shape index (κ1) is 12.3. The van der Waals surface area contributed by atoms with Crippen molar-refractivity contribution in [1.82, 2.24) is 5.43 Å². The number of hydrogen-bond donors (Lipinski definition) is 3. The van der Waals surface area contributed by atoms with Gasteiger partial charge in [0.25, 0.3) is 0 Å². The molecule has 0 radical (unpaired) electrons. The lowest BCUT2D eigenvalue weighted by Gasteiger charge is -2.11. The third-order valence-electron chi connectivity index (χ3n) is 1.65. The summed E-state index contributed by atoms with van der Waals surface area (Å²) >= 11 is 2.26. The molecule has 0 heterocycles. The molecule has 5 heteroatoms. The van der Waals surface area contributed by atoms with Crippen LogP contribution in [0.5, 0.6) is 0 Å². The third-order valence-corrected chi connectivity index (χ3v) is 2.59. The van der Waals surface area contributed by atoms with Gasteiger partial charge in [0.15, 0.2) is 0 Å². The van der Waals surface area contributed by atoms with Crippen LogP contribution in [0.3, 0.4) is 0 Å². The van der Waals surface area contributed by atoms with Gasteiger partial charge in [-0.15, -0.1) is 0 Å². The average Bonchev–Trinajstić information content (AvgIpc) is 2.19. The molecule has 82 valence electrons. The van der Waals surface area contributed by atoms with Crippen molar-refractivity contribution in [2.75, 3.05) is 5.32 Å². The fourth-order valence-corrected chi connectivity index (χ4v) is 1.58. The molecule has 1 rings (SSSR count). The Hall–Kier alpha value is -0.820. The monoisotopic (exact) mass is 318 g/mol. The number of nitrogens with zero attached hydrogens (tertiary/aromatic N) is 1. The number of para-hydroxylation sites is 1. The molecular weight excluding hydrogens is 303 g/mol. The number of aliphatic imine (C=N–C) groups is 1. The Kier molecular flexibility index (Phi) is 4.83. The second-order valence-corrected chi connectivity index (χ2v) is 4.48. The first-order valence-corrected chi connectivity index (χ1v) is 5.77. The van der Waals surface area contributed by atoms with Gasteiger partial charge in [-0.1, -0.05) is 12.1 Å². The van der Waals surface area contributed by atoms with Crippen LogP contribution in [0.1, 0.15) is 13.8 Å². The van der Waals surface area contributed by atoms with Gasteiger partial charge in [-0.3, -0.25) is 5.43 Å². The predicted octanol–water partition coefficient (Wildman–Crippen LogP) is 1.93. The molecule has 0 bridgehead atoms. The molecule has 0 aliphatic carbocycles. The van der Waals surface area contributed by atoms with Crippen molar-refractivity contribution in [2.24, 2.45) is 10.8 Å². The maximum Gasteiger partial charge on any atom is 0.210 e. The van der Waals surface area contributed by atoms with Crippen LogP contribution in [-0.2, 0) is 0 Å². The lowest BCUT2D eigenvalue weighted by Crippen LogP contribution is -2.37. The van der Waals surface area contributed by atoms with Crippen LogP contribution in [-0.4, -0.2) is 12.0 Å². The lowest BCUT2D eigenvalue weighted by atomic mass is 10.3. The van der Waals surface area contributed by atoms with E-state index in [4.69, 9.17) is 5.84 Å². The van der Waals surface area contributed by atoms with E-state index in [0.717, 1.165) is 9.26 Å². The van der Waals surface area contributed by atoms with Gasteiger partial charge in [0.1, 0.15) is 0 Å². The summed E-state index contributed by atoms with van der Waals surface area (Å²) in [4.78, 5) is 4.30. The molecule has 4 N–H and O–H groups in total. The summed E-state index contributed by atoms with van der Waals surface area (Å²) in [5.74, 6) is 5.95. The molecule has 0 saturated carbocycles. The highest BCUT2D eigenvalue weighted by Crippen LogP contribution is 2.16. The lowest BCUT2D eigenvalue weighted by molar-refractivity contribution is 0.819. The van der Waals surface area contributed by atoms with Crippen LogP contribution in [0.4, 0.5) is 5.69 Å². The van der Waals surface area contributed by atoms with E-state index < -0.39 is 0 Å². The van der Waals surface area contributed by atoms with E-state index in [9.17, 15) is 0 Å². The molecule has 0 aromatic heterocycles. The summed E-state index contributed by atoms with van der Waals surface area (Å²) in [6.07, 6.45) is 0. The zero-order chi connectivity index (χ0) is 11.3. The standard InChI is InChI=1S/C10H15IN4/c1-7(2)13-10(15-12)14-9-6-4-3-5-8(9)11/h3-7H,12H2,1-2H3,(H2,13,14,15). The molecule has 1 aromatic carbocycles. The largest absolute Gasteiger partial charge is 0.324 e. The Morgan fingerprint density at radius 1 is 1.40 bits per heavy atom. The quantitative estimate of drug-likeness (QED) is 0.257. The number of guanidine groups is 1. The van der Waals surface area contributed by atoms with E-state index in [1.807, 2.05) is 38.1 Å². The average molecular weight is 318 g/mol. The molecule has 1 aromatic rings. The van der Waals surface area contributed by atoms with E-state index in [1.54, 1.807) is 0 Å². The third kappa shape index (κ3) is 4.05. The van der Waals surface area contributed by atoms with Gasteiger partial charge in [-0.05, 0) is 48.6 Å². The van der Waals surface area contributed by atoms with Crippen LogP contribution in [0.2, 0.25) is 0 Å². The summed E-state index contributed by atoms with van der Waals surface area (Å²) in [5.41, 5.74) is 3.54. The van der Waals surface area contributed by atoms with Crippen LogP contribution in [0.25, 0.3) is 0 Å². The highest BCUT2D eigenvalue weighted by atomic mass is 127. The Bertz CT molecular complexity index is 349. The number of anilines is 1. The minimum Gasteiger partial charge on any atom is -0.324 e. The predicted molar refractivity (Wildman–Crippen MR) is 72.7 cm³/mol. The van der Waals surface area contributed by atoms with E-state index >= 15 is 0 Å². The number of benzene rings is 1. The van der Waals surface area contributed by atoms with E-state index in [2.05, 4.69) is 38.3 Å². The number of nitrogens with one attached hydrogen (secondary N) is 2. The molecule has 0 aliphatic heterocycles. The molecular formula is C10H15IN4. The molecule has 0 unspecified atom stereocenters. The van der Waals surface area contributed by atoms with Gasteiger partial charge in [0.2, 0.25) is 5.96 Å². The first-order valence-electron chi connectivity index (χ1n) is 4.69. The van der Waals surface area contributed by atoms with Gasteiger partial charge in [-0.25, -0.2) is 10.8 Å². The van der Waals surface area contributed by atoms with Gasteiger partial charge < -0.3 is 5.32 Å². The fraction of sp³-hybridized carbons (Fsp3) is 0.300. The van der Waals surface area contributed by atoms with Crippen LogP contribution in [0.15, 0.2) is 29.3 Å². The van der Waals surface area contributed by atoms with E-state index in [0.29, 0.717) is 5.96 Å². The SMILES string of the molecule is CC(C)N=C(NN)Nc1ccccc1I. The minimum atomic E-state index is 0.199. The van der Waals surface area contributed by atoms with E-state index in [1.165, 1.54) is 0 Å². The molecule has 0 aliphatic rings. The Labute approximate surface area is 103 Å². The van der Waals surface area contributed by atoms with E-state index in [-0.39, 0.29) is 6.04 Å². The van der Waals surface area contributed by atoms with Crippen molar-refractivity contribution in [2.45, 2.75) is 19.9 Å². The van der Waals surface area contributed by atoms with Crippen molar-refractivity contribution in [1.29, 1.82) is 0 Å². The normalized spacial score (nSPS) is 11.7. The van der Waals surface area contributed by atoms with Crippen molar-refractivity contribution in [3.05, 3.63) is 27.8 Å². The van der Waals surface area contributed by atoms with Crippen molar-refractivity contribution in [3.8, 4) is 0 Å². The van der Waals surface area contributed by atoms with Crippen LogP contribution < -0.4 is 16.6 Å². The molecule has 0 spiro atoms. The Morgan fingerprint density at radius 2 is 2.07 bits per heavy atom. The number of hydrogen-bond acceptors (Lipinski definition) is 2. The minimum absolute atomic E-state index is 0.199. The number of nitrogens with two attached hydrogens (primary N) is 1. The highest BCUT2D eigenvalue weighted by Gasteiger charge is 2.01. The molecule has 0 saturated heterocycles. The number of rotatable bonds is 2. The summed E-state index contributed by atoms with van der Waals surface area (Å²) < 4.78 is 1.13. The van der Waals surface area contributed by atoms with Crippen molar-refractivity contribution < 1.29 is 0 Å². The summed E-state index contributed by atoms with van der Waals surface area (Å²) in [5, 5.41) is 3.13. The van der Waals surface area contributed by atoms with Crippen molar-refractivity contribution >= 4 is 34.2 Å². The molecule has 15 heavy (non-hydrogen) atoms. The zero-order valence-corrected chi connectivity index (χ0v) is 10.9. The fourth-order valence-electron chi connectivity index (χ4n) is 1.05. The molecule has 0 fully saturated rings. The van der Waals surface area contributed by atoms with Crippen molar-refractivity contribution in [3.63, 3.8) is 0 Å². The zero-order valence-electron chi connectivity index (χ0n) is 8.79. The first-order chi connectivity index (χ1) is 7.13. The molecule has 0 amide bonds.